The Labute approximate surface area is 176 Å². The molecule has 0 N–H and O–H groups in total. The molecule has 156 valence electrons. The summed E-state index contributed by atoms with van der Waals surface area (Å²) >= 11 is 1.23. The molecule has 3 heterocycles. The molecule has 2 aromatic rings. The minimum Gasteiger partial charge on any atom is -0.340 e. The quantitative estimate of drug-likeness (QED) is 0.727. The molecule has 0 saturated carbocycles. The Morgan fingerprint density at radius 1 is 1.00 bits per heavy atom. The third kappa shape index (κ3) is 4.71. The first-order chi connectivity index (χ1) is 14.0. The normalized spacial score (nSPS) is 21.9. The topological polar surface area (TPSA) is 60.9 Å². The minimum absolute atomic E-state index is 0.107. The number of sulfonamides is 1. The second-order valence-corrected chi connectivity index (χ2v) is 10.8. The summed E-state index contributed by atoms with van der Waals surface area (Å²) in [5, 5.41) is 1.77. The summed E-state index contributed by atoms with van der Waals surface area (Å²) in [6, 6.07) is 13.8. The van der Waals surface area contributed by atoms with Crippen molar-refractivity contribution >= 4 is 27.3 Å². The van der Waals surface area contributed by atoms with E-state index in [1.807, 2.05) is 23.1 Å². The van der Waals surface area contributed by atoms with E-state index in [1.54, 1.807) is 17.5 Å². The first-order valence-electron chi connectivity index (χ1n) is 10.1. The summed E-state index contributed by atoms with van der Waals surface area (Å²) in [6.07, 6.45) is 1.49. The van der Waals surface area contributed by atoms with Crippen LogP contribution in [0.3, 0.4) is 0 Å². The molecule has 0 bridgehead atoms. The van der Waals surface area contributed by atoms with Gasteiger partial charge in [-0.15, -0.1) is 11.3 Å². The largest absolute Gasteiger partial charge is 0.340 e. The molecule has 0 unspecified atom stereocenters. The molecule has 1 aromatic heterocycles. The molecule has 6 nitrogen and oxygen atoms in total. The standard InChI is InChI=1S/C21H27N3O3S2/c25-21(23-13-11-22(12-14-23)16-18-6-2-1-3-7-18)19-8-4-10-24(17-19)29(26,27)20-9-5-15-28-20/h1-3,5-7,9,15,19H,4,8,10-14,16-17H2/t19-/m0/s1. The van der Waals surface area contributed by atoms with Crippen LogP contribution in [0.25, 0.3) is 0 Å². The van der Waals surface area contributed by atoms with E-state index in [9.17, 15) is 13.2 Å². The first kappa shape index (κ1) is 20.5. The SMILES string of the molecule is O=C([C@H]1CCCN(S(=O)(=O)c2cccs2)C1)N1CCN(Cc2ccccc2)CC1. The number of carbonyl (C=O) groups is 1. The number of hydrogen-bond acceptors (Lipinski definition) is 5. The Morgan fingerprint density at radius 3 is 2.45 bits per heavy atom. The zero-order valence-corrected chi connectivity index (χ0v) is 18.1. The van der Waals surface area contributed by atoms with Crippen molar-refractivity contribution in [2.24, 2.45) is 5.92 Å². The van der Waals surface area contributed by atoms with Crippen molar-refractivity contribution < 1.29 is 13.2 Å². The lowest BCUT2D eigenvalue weighted by Gasteiger charge is -2.38. The van der Waals surface area contributed by atoms with Gasteiger partial charge < -0.3 is 4.90 Å². The van der Waals surface area contributed by atoms with E-state index < -0.39 is 10.0 Å². The van der Waals surface area contributed by atoms with Crippen molar-refractivity contribution in [3.8, 4) is 0 Å². The average Bonchev–Trinajstić information content (AvgIpc) is 3.31. The number of piperidine rings is 1. The fraction of sp³-hybridized carbons (Fsp3) is 0.476. The summed E-state index contributed by atoms with van der Waals surface area (Å²) in [4.78, 5) is 17.4. The van der Waals surface area contributed by atoms with Gasteiger partial charge in [-0.3, -0.25) is 9.69 Å². The van der Waals surface area contributed by atoms with Crippen LogP contribution in [0.2, 0.25) is 0 Å². The van der Waals surface area contributed by atoms with E-state index >= 15 is 0 Å². The van der Waals surface area contributed by atoms with Crippen molar-refractivity contribution in [1.82, 2.24) is 14.1 Å². The van der Waals surface area contributed by atoms with Gasteiger partial charge in [-0.05, 0) is 29.9 Å². The average molecular weight is 434 g/mol. The molecule has 2 aliphatic rings. The molecule has 2 aliphatic heterocycles. The van der Waals surface area contributed by atoms with Crippen molar-refractivity contribution in [1.29, 1.82) is 0 Å². The Balaban J connectivity index is 1.33. The van der Waals surface area contributed by atoms with Crippen LogP contribution >= 0.6 is 11.3 Å². The van der Waals surface area contributed by atoms with Crippen LogP contribution in [0, 0.1) is 5.92 Å². The summed E-state index contributed by atoms with van der Waals surface area (Å²) in [6.45, 7) is 4.81. The molecule has 0 spiro atoms. The molecule has 0 radical (unpaired) electrons. The third-order valence-corrected chi connectivity index (χ3v) is 8.99. The van der Waals surface area contributed by atoms with Crippen molar-refractivity contribution in [2.75, 3.05) is 39.3 Å². The highest BCUT2D eigenvalue weighted by atomic mass is 32.2. The third-order valence-electron chi connectivity index (χ3n) is 5.76. The van der Waals surface area contributed by atoms with Crippen LogP contribution in [-0.4, -0.2) is 67.7 Å². The lowest BCUT2D eigenvalue weighted by atomic mass is 9.97. The lowest BCUT2D eigenvalue weighted by Crippen LogP contribution is -2.52. The minimum atomic E-state index is -3.49. The Bertz CT molecular complexity index is 908. The van der Waals surface area contributed by atoms with Gasteiger partial charge in [0.2, 0.25) is 5.91 Å². The number of thiophene rings is 1. The van der Waals surface area contributed by atoms with E-state index in [1.165, 1.54) is 21.2 Å². The molecular formula is C21H27N3O3S2. The van der Waals surface area contributed by atoms with E-state index in [4.69, 9.17) is 0 Å². The van der Waals surface area contributed by atoms with Gasteiger partial charge in [-0.25, -0.2) is 8.42 Å². The van der Waals surface area contributed by atoms with Gasteiger partial charge in [-0.2, -0.15) is 4.31 Å². The molecule has 4 rings (SSSR count). The van der Waals surface area contributed by atoms with Crippen LogP contribution in [0.5, 0.6) is 0 Å². The number of piperazine rings is 1. The molecule has 2 saturated heterocycles. The molecule has 1 atom stereocenters. The van der Waals surface area contributed by atoms with Gasteiger partial charge in [0.15, 0.2) is 0 Å². The second-order valence-electron chi connectivity index (χ2n) is 7.72. The van der Waals surface area contributed by atoms with Crippen LogP contribution in [0.15, 0.2) is 52.1 Å². The predicted octanol–water partition coefficient (Wildman–Crippen LogP) is 2.49. The first-order valence-corrected chi connectivity index (χ1v) is 12.4. The van der Waals surface area contributed by atoms with Gasteiger partial charge in [0.05, 0.1) is 5.92 Å². The fourth-order valence-electron chi connectivity index (χ4n) is 4.13. The number of nitrogens with zero attached hydrogens (tertiary/aromatic N) is 3. The van der Waals surface area contributed by atoms with Gasteiger partial charge in [0.1, 0.15) is 4.21 Å². The van der Waals surface area contributed by atoms with Crippen LogP contribution in [0.4, 0.5) is 0 Å². The maximum atomic E-state index is 13.1. The maximum absolute atomic E-state index is 13.1. The smallest absolute Gasteiger partial charge is 0.252 e. The Morgan fingerprint density at radius 2 is 1.76 bits per heavy atom. The maximum Gasteiger partial charge on any atom is 0.252 e. The Kier molecular flexibility index (Phi) is 6.34. The van der Waals surface area contributed by atoms with E-state index in [0.29, 0.717) is 30.4 Å². The van der Waals surface area contributed by atoms with Crippen molar-refractivity contribution in [3.63, 3.8) is 0 Å². The molecule has 1 aromatic carbocycles. The summed E-state index contributed by atoms with van der Waals surface area (Å²) in [5.41, 5.74) is 1.29. The molecular weight excluding hydrogens is 406 g/mol. The van der Waals surface area contributed by atoms with Gasteiger partial charge in [0, 0.05) is 45.8 Å². The predicted molar refractivity (Wildman–Crippen MR) is 114 cm³/mol. The fourth-order valence-corrected chi connectivity index (χ4v) is 6.79. The highest BCUT2D eigenvalue weighted by molar-refractivity contribution is 7.91. The Hall–Kier alpha value is -1.74. The monoisotopic (exact) mass is 433 g/mol. The number of hydrogen-bond donors (Lipinski definition) is 0. The summed E-state index contributed by atoms with van der Waals surface area (Å²) in [7, 11) is -3.49. The number of carbonyl (C=O) groups excluding carboxylic acids is 1. The van der Waals surface area contributed by atoms with Crippen LogP contribution in [0.1, 0.15) is 18.4 Å². The number of amides is 1. The van der Waals surface area contributed by atoms with Crippen LogP contribution in [-0.2, 0) is 21.4 Å². The highest BCUT2D eigenvalue weighted by Crippen LogP contribution is 2.27. The van der Waals surface area contributed by atoms with Gasteiger partial charge in [-0.1, -0.05) is 36.4 Å². The second kappa shape index (κ2) is 8.95. The van der Waals surface area contributed by atoms with Crippen molar-refractivity contribution in [2.45, 2.75) is 23.6 Å². The zero-order chi connectivity index (χ0) is 20.3. The summed E-state index contributed by atoms with van der Waals surface area (Å²) < 4.78 is 27.5. The number of benzene rings is 1. The molecule has 0 aliphatic carbocycles. The number of rotatable bonds is 5. The molecule has 29 heavy (non-hydrogen) atoms. The molecule has 2 fully saturated rings. The van der Waals surface area contributed by atoms with Crippen LogP contribution < -0.4 is 0 Å². The lowest BCUT2D eigenvalue weighted by molar-refractivity contribution is -0.138. The van der Waals surface area contributed by atoms with Gasteiger partial charge in [0.25, 0.3) is 10.0 Å². The molecule has 8 heteroatoms. The zero-order valence-electron chi connectivity index (χ0n) is 16.4. The van der Waals surface area contributed by atoms with E-state index in [2.05, 4.69) is 17.0 Å². The van der Waals surface area contributed by atoms with Gasteiger partial charge >= 0.3 is 0 Å². The highest BCUT2D eigenvalue weighted by Gasteiger charge is 2.36. The molecule has 1 amide bonds. The van der Waals surface area contributed by atoms with E-state index in [-0.39, 0.29) is 11.8 Å². The summed E-state index contributed by atoms with van der Waals surface area (Å²) in [5.74, 6) is -0.130. The van der Waals surface area contributed by atoms with E-state index in [0.717, 1.165) is 32.5 Å². The van der Waals surface area contributed by atoms with Crippen molar-refractivity contribution in [3.05, 3.63) is 53.4 Å².